The minimum Gasteiger partial charge on any atom is -0.388 e. The van der Waals surface area contributed by atoms with E-state index in [0.29, 0.717) is 11.3 Å². The summed E-state index contributed by atoms with van der Waals surface area (Å²) >= 11 is 0. The van der Waals surface area contributed by atoms with Gasteiger partial charge in [0.1, 0.15) is 0 Å². The van der Waals surface area contributed by atoms with E-state index in [4.69, 9.17) is 34.1 Å². The van der Waals surface area contributed by atoms with E-state index in [-0.39, 0.29) is 28.2 Å². The Hall–Kier alpha value is -1.83. The number of nitrogens with zero attached hydrogens (tertiary/aromatic N) is 2. The van der Waals surface area contributed by atoms with Gasteiger partial charge in [0.2, 0.25) is 0 Å². The lowest BCUT2D eigenvalue weighted by molar-refractivity contribution is 0.428. The predicted octanol–water partition coefficient (Wildman–Crippen LogP) is 3.43. The van der Waals surface area contributed by atoms with Gasteiger partial charge in [-0.2, -0.15) is 0 Å². The quantitative estimate of drug-likeness (QED) is 0.275. The first kappa shape index (κ1) is 35.6. The van der Waals surface area contributed by atoms with E-state index in [1.54, 1.807) is 0 Å². The third-order valence-electron chi connectivity index (χ3n) is 2.69. The van der Waals surface area contributed by atoms with E-state index in [2.05, 4.69) is 51.5 Å². The van der Waals surface area contributed by atoms with Crippen LogP contribution >= 0.6 is 0 Å². The summed E-state index contributed by atoms with van der Waals surface area (Å²) in [6, 6.07) is 0. The summed E-state index contributed by atoms with van der Waals surface area (Å²) < 4.78 is 0. The summed E-state index contributed by atoms with van der Waals surface area (Å²) in [6.45, 7) is 27.7. The van der Waals surface area contributed by atoms with Crippen LogP contribution in [-0.4, -0.2) is 36.3 Å². The van der Waals surface area contributed by atoms with Crippen LogP contribution in [0.5, 0.6) is 0 Å². The molecular weight excluding hydrogens is 376 g/mol. The van der Waals surface area contributed by atoms with Gasteiger partial charge in [-0.1, -0.05) is 62.3 Å². The number of amidine groups is 2. The fraction of sp³-hybridized carbons (Fsp3) is 0.864. The van der Waals surface area contributed by atoms with Crippen LogP contribution in [0.4, 0.5) is 0 Å². The summed E-state index contributed by atoms with van der Waals surface area (Å²) in [7, 11) is 0. The van der Waals surface area contributed by atoms with Gasteiger partial charge in [-0.05, 0) is 45.1 Å². The SMILES string of the molecule is CC(C)(C)C(=N)N.CC(C)(C)CN.CC(C)(C)N=C(N)N.CC(N)=NCC(C)(C)C. The zero-order valence-corrected chi connectivity index (χ0v) is 22.2. The highest BCUT2D eigenvalue weighted by Gasteiger charge is 2.12. The summed E-state index contributed by atoms with van der Waals surface area (Å²) in [4.78, 5) is 7.97. The second kappa shape index (κ2) is 15.0. The molecule has 0 aromatic carbocycles. The average molecular weight is 431 g/mol. The molecule has 30 heavy (non-hydrogen) atoms. The largest absolute Gasteiger partial charge is 0.388 e. The van der Waals surface area contributed by atoms with Crippen LogP contribution < -0.4 is 28.7 Å². The van der Waals surface area contributed by atoms with Gasteiger partial charge in [-0.3, -0.25) is 10.4 Å². The molecule has 0 saturated heterocycles. The highest BCUT2D eigenvalue weighted by atomic mass is 15.0. The molecule has 0 atom stereocenters. The molecule has 0 aliphatic rings. The van der Waals surface area contributed by atoms with Crippen LogP contribution in [0.25, 0.3) is 0 Å². The summed E-state index contributed by atoms with van der Waals surface area (Å²) in [6.07, 6.45) is 0. The van der Waals surface area contributed by atoms with Crippen molar-refractivity contribution < 1.29 is 0 Å². The Morgan fingerprint density at radius 3 is 1.07 bits per heavy atom. The van der Waals surface area contributed by atoms with Crippen LogP contribution in [0.2, 0.25) is 0 Å². The minimum atomic E-state index is -0.140. The Labute approximate surface area is 187 Å². The first-order valence-electron chi connectivity index (χ1n) is 10.3. The van der Waals surface area contributed by atoms with Crippen molar-refractivity contribution in [2.24, 2.45) is 54.9 Å². The molecule has 0 heterocycles. The van der Waals surface area contributed by atoms with Gasteiger partial charge in [0.15, 0.2) is 5.96 Å². The van der Waals surface area contributed by atoms with Gasteiger partial charge >= 0.3 is 0 Å². The van der Waals surface area contributed by atoms with E-state index >= 15 is 0 Å². The molecule has 0 aromatic heterocycles. The molecule has 11 N–H and O–H groups in total. The molecule has 0 aliphatic carbocycles. The van der Waals surface area contributed by atoms with Gasteiger partial charge in [0.25, 0.3) is 0 Å². The average Bonchev–Trinajstić information content (AvgIpc) is 2.42. The molecule has 182 valence electrons. The second-order valence-electron chi connectivity index (χ2n) is 11.7. The van der Waals surface area contributed by atoms with Gasteiger partial charge in [-0.25, -0.2) is 4.99 Å². The molecule has 0 saturated carbocycles. The molecule has 0 amide bonds. The lowest BCUT2D eigenvalue weighted by atomic mass is 9.96. The van der Waals surface area contributed by atoms with Crippen molar-refractivity contribution in [1.29, 1.82) is 5.41 Å². The Bertz CT molecular complexity index is 499. The third-order valence-corrected chi connectivity index (χ3v) is 2.69. The van der Waals surface area contributed by atoms with Crippen molar-refractivity contribution >= 4 is 17.6 Å². The molecular formula is C22H54N8. The molecule has 0 bridgehead atoms. The van der Waals surface area contributed by atoms with Gasteiger partial charge < -0.3 is 28.7 Å². The van der Waals surface area contributed by atoms with Crippen molar-refractivity contribution in [3.63, 3.8) is 0 Å². The van der Waals surface area contributed by atoms with Crippen LogP contribution in [0.15, 0.2) is 9.98 Å². The highest BCUT2D eigenvalue weighted by molar-refractivity contribution is 5.82. The predicted molar refractivity (Wildman–Crippen MR) is 137 cm³/mol. The zero-order valence-electron chi connectivity index (χ0n) is 22.2. The van der Waals surface area contributed by atoms with E-state index < -0.39 is 0 Å². The van der Waals surface area contributed by atoms with E-state index in [0.717, 1.165) is 13.1 Å². The van der Waals surface area contributed by atoms with Crippen LogP contribution in [0.3, 0.4) is 0 Å². The van der Waals surface area contributed by atoms with Gasteiger partial charge in [0, 0.05) is 12.0 Å². The molecule has 0 radical (unpaired) electrons. The summed E-state index contributed by atoms with van der Waals surface area (Å²) in [5.41, 5.74) is 26.3. The van der Waals surface area contributed by atoms with E-state index in [9.17, 15) is 0 Å². The standard InChI is InChI=1S/C7H16N2.C5H13N3.C5H12N2.C5H13N/c1-6(8)9-5-7(2,3)4;1-5(2,3)8-4(6)7;1-5(2,3)4(6)7;1-5(2,3)4-6/h5H2,1-4H3,(H2,8,9);1-3H3,(H4,6,7,8);1-3H3,(H3,6,7);4,6H2,1-3H3. The van der Waals surface area contributed by atoms with Crippen molar-refractivity contribution in [3.8, 4) is 0 Å². The van der Waals surface area contributed by atoms with E-state index in [1.807, 2.05) is 48.5 Å². The molecule has 0 fully saturated rings. The van der Waals surface area contributed by atoms with Crippen molar-refractivity contribution in [2.75, 3.05) is 13.1 Å². The normalized spacial score (nSPS) is 12.1. The number of nitrogens with one attached hydrogen (secondary N) is 1. The minimum absolute atomic E-state index is 0.139. The van der Waals surface area contributed by atoms with Crippen LogP contribution in [0.1, 0.15) is 90.0 Å². The first-order chi connectivity index (χ1) is 12.8. The number of hydrogen-bond donors (Lipinski definition) is 6. The van der Waals surface area contributed by atoms with Crippen molar-refractivity contribution in [2.45, 2.75) is 95.5 Å². The second-order valence-corrected chi connectivity index (χ2v) is 11.7. The van der Waals surface area contributed by atoms with Crippen molar-refractivity contribution in [1.82, 2.24) is 0 Å². The van der Waals surface area contributed by atoms with Crippen LogP contribution in [0, 0.1) is 21.7 Å². The Morgan fingerprint density at radius 1 is 0.733 bits per heavy atom. The zero-order chi connectivity index (χ0) is 25.6. The maximum absolute atomic E-state index is 6.92. The molecule has 0 aromatic rings. The van der Waals surface area contributed by atoms with E-state index in [1.165, 1.54) is 0 Å². The Balaban J connectivity index is -0.000000152. The Morgan fingerprint density at radius 2 is 1.03 bits per heavy atom. The third kappa shape index (κ3) is 50.2. The number of nitrogens with two attached hydrogens (primary N) is 5. The molecule has 0 unspecified atom stereocenters. The molecule has 8 heteroatoms. The fourth-order valence-electron chi connectivity index (χ4n) is 0.749. The number of rotatable bonds is 1. The molecule has 8 nitrogen and oxygen atoms in total. The van der Waals surface area contributed by atoms with Crippen LogP contribution in [-0.2, 0) is 0 Å². The van der Waals surface area contributed by atoms with Gasteiger partial charge in [0.05, 0.1) is 17.2 Å². The Kier molecular flexibility index (Phi) is 17.9. The first-order valence-corrected chi connectivity index (χ1v) is 10.3. The topological polar surface area (TPSA) is 179 Å². The monoisotopic (exact) mass is 430 g/mol. The lowest BCUT2D eigenvalue weighted by Gasteiger charge is -2.14. The smallest absolute Gasteiger partial charge is 0.186 e. The number of hydrogen-bond acceptors (Lipinski definition) is 4. The fourth-order valence-corrected chi connectivity index (χ4v) is 0.749. The molecule has 0 rings (SSSR count). The maximum Gasteiger partial charge on any atom is 0.186 e. The number of guanidine groups is 1. The highest BCUT2D eigenvalue weighted by Crippen LogP contribution is 2.12. The van der Waals surface area contributed by atoms with Gasteiger partial charge in [-0.15, -0.1) is 0 Å². The number of aliphatic imine (C=N–C) groups is 2. The summed E-state index contributed by atoms with van der Waals surface area (Å²) in [5.74, 6) is 1.06. The molecule has 0 spiro atoms. The summed E-state index contributed by atoms with van der Waals surface area (Å²) in [5, 5.41) is 6.92. The lowest BCUT2D eigenvalue weighted by Crippen LogP contribution is -2.27. The van der Waals surface area contributed by atoms with Crippen molar-refractivity contribution in [3.05, 3.63) is 0 Å². The maximum atomic E-state index is 6.92. The molecule has 0 aliphatic heterocycles.